The minimum atomic E-state index is -0.388. The first-order valence-electron chi connectivity index (χ1n) is 7.82. The molecule has 0 amide bonds. The number of benzene rings is 1. The second-order valence-corrected chi connectivity index (χ2v) is 5.31. The fraction of sp³-hybridized carbons (Fsp3) is 0.167. The quantitative estimate of drug-likeness (QED) is 0.457. The molecule has 0 radical (unpaired) electrons. The van der Waals surface area contributed by atoms with Crippen LogP contribution in [0, 0.1) is 11.2 Å². The van der Waals surface area contributed by atoms with Crippen molar-refractivity contribution in [1.82, 2.24) is 4.98 Å². The lowest BCUT2D eigenvalue weighted by atomic mass is 9.94. The maximum absolute atomic E-state index is 13.7. The average molecular weight is 340 g/mol. The van der Waals surface area contributed by atoms with Crippen molar-refractivity contribution in [3.63, 3.8) is 0 Å². The monoisotopic (exact) mass is 340 g/mol. The van der Waals surface area contributed by atoms with Gasteiger partial charge in [-0.2, -0.15) is 0 Å². The van der Waals surface area contributed by atoms with Crippen LogP contribution in [0.5, 0.6) is 0 Å². The second-order valence-electron chi connectivity index (χ2n) is 5.31. The van der Waals surface area contributed by atoms with Gasteiger partial charge in [-0.05, 0) is 42.5 Å². The molecule has 1 unspecified atom stereocenters. The Morgan fingerprint density at radius 3 is 2.72 bits per heavy atom. The van der Waals surface area contributed by atoms with E-state index in [1.54, 1.807) is 30.5 Å². The van der Waals surface area contributed by atoms with Gasteiger partial charge in [0.25, 0.3) is 0 Å². The number of para-hydroxylation sites is 1. The number of halogens is 1. The number of nitrogens with zero attached hydrogens (tertiary/aromatic N) is 2. The molecule has 1 aromatic heterocycles. The predicted molar refractivity (Wildman–Crippen MR) is 100 cm³/mol. The van der Waals surface area contributed by atoms with E-state index < -0.39 is 0 Å². The third-order valence-corrected chi connectivity index (χ3v) is 3.77. The van der Waals surface area contributed by atoms with E-state index in [9.17, 15) is 4.39 Å². The fourth-order valence-electron chi connectivity index (χ4n) is 2.49. The highest BCUT2D eigenvalue weighted by Gasteiger charge is 2.16. The van der Waals surface area contributed by atoms with E-state index in [1.165, 1.54) is 12.3 Å². The minimum absolute atomic E-state index is 0.0537. The molecule has 0 saturated carbocycles. The summed E-state index contributed by atoms with van der Waals surface area (Å²) in [6.07, 6.45) is 4.68. The summed E-state index contributed by atoms with van der Waals surface area (Å²) < 4.78 is 13.7. The highest BCUT2D eigenvalue weighted by molar-refractivity contribution is 5.99. The summed E-state index contributed by atoms with van der Waals surface area (Å²) in [7, 11) is 0. The molecule has 0 aliphatic heterocycles. The van der Waals surface area contributed by atoms with E-state index in [1.807, 2.05) is 13.0 Å². The van der Waals surface area contributed by atoms with Gasteiger partial charge < -0.3 is 16.5 Å². The molecule has 0 fully saturated rings. The van der Waals surface area contributed by atoms with Crippen LogP contribution in [0.2, 0.25) is 0 Å². The van der Waals surface area contributed by atoms with Crippen LogP contribution in [0.3, 0.4) is 0 Å². The van der Waals surface area contributed by atoms with Crippen molar-refractivity contribution in [3.8, 4) is 0 Å². The smallest absolute Gasteiger partial charge is 0.148 e. The summed E-state index contributed by atoms with van der Waals surface area (Å²) in [4.78, 5) is 11.1. The normalized spacial score (nSPS) is 14.0. The molecular weight excluding hydrogens is 319 g/mol. The Kier molecular flexibility index (Phi) is 6.22. The first-order valence-corrected chi connectivity index (χ1v) is 7.82. The number of nitrogens with two attached hydrogens (primary N) is 2. The summed E-state index contributed by atoms with van der Waals surface area (Å²) in [5.41, 5.74) is 14.1. The van der Waals surface area contributed by atoms with Gasteiger partial charge in [0.15, 0.2) is 0 Å². The largest absolute Gasteiger partial charge is 0.404 e. The molecule has 1 atom stereocenters. The Labute approximate surface area is 145 Å². The van der Waals surface area contributed by atoms with Crippen molar-refractivity contribution in [1.29, 1.82) is 5.41 Å². The number of hydrogen-bond donors (Lipinski definition) is 4. The van der Waals surface area contributed by atoms with Crippen molar-refractivity contribution >= 4 is 24.1 Å². The van der Waals surface area contributed by atoms with E-state index >= 15 is 0 Å². The number of hydrogen-bond acceptors (Lipinski definition) is 3. The Bertz CT molecular complexity index is 818. The van der Waals surface area contributed by atoms with Crippen molar-refractivity contribution in [3.05, 3.63) is 65.4 Å². The highest BCUT2D eigenvalue weighted by atomic mass is 19.1. The number of aromatic nitrogens is 1. The SMILES string of the molecule is CCC(C(C=Nc1ccccc1F)=CN)c1ccc(C(N)=NC=N)[nH]1. The van der Waals surface area contributed by atoms with E-state index in [-0.39, 0.29) is 23.3 Å². The Morgan fingerprint density at radius 1 is 1.32 bits per heavy atom. The van der Waals surface area contributed by atoms with Crippen molar-refractivity contribution in [2.24, 2.45) is 21.5 Å². The van der Waals surface area contributed by atoms with E-state index in [2.05, 4.69) is 15.0 Å². The summed E-state index contributed by atoms with van der Waals surface area (Å²) >= 11 is 0. The lowest BCUT2D eigenvalue weighted by Gasteiger charge is -2.14. The van der Waals surface area contributed by atoms with Crippen LogP contribution in [0.15, 0.2) is 58.2 Å². The molecular formula is C18H21FN6. The third-order valence-electron chi connectivity index (χ3n) is 3.77. The zero-order chi connectivity index (χ0) is 18.2. The Hall–Kier alpha value is -3.22. The molecule has 0 aliphatic rings. The van der Waals surface area contributed by atoms with Crippen LogP contribution in [0.25, 0.3) is 0 Å². The predicted octanol–water partition coefficient (Wildman–Crippen LogP) is 3.20. The Morgan fingerprint density at radius 2 is 2.08 bits per heavy atom. The van der Waals surface area contributed by atoms with Gasteiger partial charge in [0, 0.05) is 17.8 Å². The van der Waals surface area contributed by atoms with Crippen LogP contribution in [-0.4, -0.2) is 23.4 Å². The summed E-state index contributed by atoms with van der Waals surface area (Å²) in [5, 5.41) is 6.98. The van der Waals surface area contributed by atoms with Crippen LogP contribution >= 0.6 is 0 Å². The first kappa shape index (κ1) is 18.1. The minimum Gasteiger partial charge on any atom is -0.404 e. The van der Waals surface area contributed by atoms with Crippen molar-refractivity contribution < 1.29 is 4.39 Å². The maximum atomic E-state index is 13.7. The van der Waals surface area contributed by atoms with Gasteiger partial charge in [-0.25, -0.2) is 9.38 Å². The first-order chi connectivity index (χ1) is 12.1. The zero-order valence-electron chi connectivity index (χ0n) is 13.9. The van der Waals surface area contributed by atoms with E-state index in [0.29, 0.717) is 5.69 Å². The van der Waals surface area contributed by atoms with Gasteiger partial charge in [0.2, 0.25) is 0 Å². The summed E-state index contributed by atoms with van der Waals surface area (Å²) in [6, 6.07) is 9.98. The molecule has 25 heavy (non-hydrogen) atoms. The second kappa shape index (κ2) is 8.58. The molecule has 0 aliphatic carbocycles. The van der Waals surface area contributed by atoms with Gasteiger partial charge in [0.1, 0.15) is 18.0 Å². The van der Waals surface area contributed by atoms with Crippen molar-refractivity contribution in [2.45, 2.75) is 19.3 Å². The summed E-state index contributed by atoms with van der Waals surface area (Å²) in [5.74, 6) is -0.211. The molecule has 7 heteroatoms. The summed E-state index contributed by atoms with van der Waals surface area (Å²) in [6.45, 7) is 2.01. The van der Waals surface area contributed by atoms with Crippen LogP contribution in [0.1, 0.15) is 30.7 Å². The number of nitrogens with one attached hydrogen (secondary N) is 2. The van der Waals surface area contributed by atoms with Gasteiger partial charge in [-0.3, -0.25) is 10.4 Å². The number of aliphatic imine (C=N–C) groups is 2. The molecule has 0 bridgehead atoms. The zero-order valence-corrected chi connectivity index (χ0v) is 13.9. The molecule has 0 spiro atoms. The lowest BCUT2D eigenvalue weighted by molar-refractivity contribution is 0.630. The molecule has 0 saturated heterocycles. The van der Waals surface area contributed by atoms with Gasteiger partial charge in [-0.1, -0.05) is 19.1 Å². The molecule has 130 valence electrons. The van der Waals surface area contributed by atoms with Crippen molar-refractivity contribution in [2.75, 3.05) is 0 Å². The fourth-order valence-corrected chi connectivity index (χ4v) is 2.49. The molecule has 2 aromatic rings. The topological polar surface area (TPSA) is 116 Å². The van der Waals surface area contributed by atoms with Gasteiger partial charge in [0.05, 0.1) is 11.4 Å². The van der Waals surface area contributed by atoms with E-state index in [0.717, 1.165) is 24.0 Å². The molecule has 1 heterocycles. The molecule has 6 nitrogen and oxygen atoms in total. The highest BCUT2D eigenvalue weighted by Crippen LogP contribution is 2.27. The van der Waals surface area contributed by atoms with Crippen LogP contribution in [0.4, 0.5) is 10.1 Å². The number of amidine groups is 1. The molecule has 6 N–H and O–H groups in total. The number of rotatable bonds is 7. The van der Waals surface area contributed by atoms with Gasteiger partial charge in [-0.15, -0.1) is 0 Å². The molecule has 1 aromatic carbocycles. The molecule has 2 rings (SSSR count). The number of allylic oxidation sites excluding steroid dienone is 1. The Balaban J connectivity index is 2.27. The van der Waals surface area contributed by atoms with Crippen LogP contribution in [-0.2, 0) is 0 Å². The number of aromatic amines is 1. The maximum Gasteiger partial charge on any atom is 0.148 e. The third kappa shape index (κ3) is 4.41. The number of H-pyrrole nitrogens is 1. The van der Waals surface area contributed by atoms with E-state index in [4.69, 9.17) is 16.9 Å². The average Bonchev–Trinajstić information content (AvgIpc) is 3.10. The van der Waals surface area contributed by atoms with Crippen LogP contribution < -0.4 is 11.5 Å². The lowest BCUT2D eigenvalue weighted by Crippen LogP contribution is -2.14. The van der Waals surface area contributed by atoms with Gasteiger partial charge >= 0.3 is 0 Å². The standard InChI is InChI=1S/C18H21FN6/c1-2-13(15-7-8-17(25-15)18(22)24-11-21)12(9-20)10-23-16-6-4-3-5-14(16)19/h3-11,13,25H,2,20H2,1H3,(H3,21,22,24).